The van der Waals surface area contributed by atoms with E-state index in [1.54, 1.807) is 0 Å². The van der Waals surface area contributed by atoms with Crippen molar-refractivity contribution in [3.05, 3.63) is 22.4 Å². The van der Waals surface area contributed by atoms with Crippen LogP contribution in [0.25, 0.3) is 0 Å². The van der Waals surface area contributed by atoms with Gasteiger partial charge < -0.3 is 5.73 Å². The second-order valence-corrected chi connectivity index (χ2v) is 6.40. The molecule has 1 aliphatic heterocycles. The summed E-state index contributed by atoms with van der Waals surface area (Å²) in [5.41, 5.74) is 6.37. The van der Waals surface area contributed by atoms with Crippen molar-refractivity contribution in [2.24, 2.45) is 11.7 Å². The number of nitrogens with zero attached hydrogens (tertiary/aromatic N) is 1. The highest BCUT2D eigenvalue weighted by Gasteiger charge is 2.29. The van der Waals surface area contributed by atoms with Crippen LogP contribution in [0.1, 0.15) is 50.4 Å². The Morgan fingerprint density at radius 2 is 2.11 bits per heavy atom. The molecule has 0 spiro atoms. The smallest absolute Gasteiger partial charge is 0.0593 e. The van der Waals surface area contributed by atoms with Gasteiger partial charge in [0.15, 0.2) is 0 Å². The van der Waals surface area contributed by atoms with Crippen molar-refractivity contribution < 1.29 is 0 Å². The number of hydrogen-bond acceptors (Lipinski definition) is 3. The summed E-state index contributed by atoms with van der Waals surface area (Å²) in [4.78, 5) is 4.06. The van der Waals surface area contributed by atoms with Gasteiger partial charge in [-0.1, -0.05) is 26.3 Å². The first-order chi connectivity index (χ1) is 8.76. The fourth-order valence-corrected chi connectivity index (χ4v) is 3.92. The molecule has 1 saturated heterocycles. The molecule has 0 aromatic carbocycles. The fourth-order valence-electron chi connectivity index (χ4n) is 2.98. The number of hydrogen-bond donors (Lipinski definition) is 1. The molecule has 1 fully saturated rings. The van der Waals surface area contributed by atoms with Gasteiger partial charge >= 0.3 is 0 Å². The molecule has 1 aliphatic rings. The predicted octanol–water partition coefficient (Wildman–Crippen LogP) is 3.65. The van der Waals surface area contributed by atoms with Gasteiger partial charge in [-0.15, -0.1) is 11.3 Å². The van der Waals surface area contributed by atoms with E-state index in [1.807, 2.05) is 11.3 Å². The van der Waals surface area contributed by atoms with Gasteiger partial charge in [0.25, 0.3) is 0 Å². The lowest BCUT2D eigenvalue weighted by Crippen LogP contribution is -2.44. The van der Waals surface area contributed by atoms with Gasteiger partial charge in [0, 0.05) is 10.9 Å². The van der Waals surface area contributed by atoms with Crippen LogP contribution in [0.5, 0.6) is 0 Å². The Bertz CT molecular complexity index is 328. The van der Waals surface area contributed by atoms with E-state index in [0.717, 1.165) is 12.3 Å². The lowest BCUT2D eigenvalue weighted by molar-refractivity contribution is 0.115. The Kier molecular flexibility index (Phi) is 5.22. The number of rotatable bonds is 5. The van der Waals surface area contributed by atoms with Gasteiger partial charge in [-0.25, -0.2) is 0 Å². The van der Waals surface area contributed by atoms with E-state index < -0.39 is 0 Å². The van der Waals surface area contributed by atoms with E-state index in [-0.39, 0.29) is 6.04 Å². The second-order valence-electron chi connectivity index (χ2n) is 5.42. The van der Waals surface area contributed by atoms with E-state index in [0.29, 0.717) is 6.04 Å². The molecule has 2 heterocycles. The lowest BCUT2D eigenvalue weighted by atomic mass is 9.92. The minimum Gasteiger partial charge on any atom is -0.326 e. The van der Waals surface area contributed by atoms with Crippen molar-refractivity contribution in [2.75, 3.05) is 13.1 Å². The fraction of sp³-hybridized carbons (Fsp3) is 0.733. The highest BCUT2D eigenvalue weighted by molar-refractivity contribution is 7.10. The maximum absolute atomic E-state index is 6.37. The molecule has 3 heteroatoms. The molecular weight excluding hydrogens is 240 g/mol. The topological polar surface area (TPSA) is 29.3 Å². The maximum Gasteiger partial charge on any atom is 0.0593 e. The highest BCUT2D eigenvalue weighted by atomic mass is 32.1. The quantitative estimate of drug-likeness (QED) is 0.881. The van der Waals surface area contributed by atoms with E-state index in [4.69, 9.17) is 5.73 Å². The molecule has 18 heavy (non-hydrogen) atoms. The summed E-state index contributed by atoms with van der Waals surface area (Å²) in [6.07, 6.45) is 5.07. The lowest BCUT2D eigenvalue weighted by Gasteiger charge is -2.39. The minimum absolute atomic E-state index is 0.266. The molecule has 2 atom stereocenters. The SMILES string of the molecule is CCC1CCN(C(c2cccs2)C(N)CC)CC1. The molecule has 1 aromatic heterocycles. The van der Waals surface area contributed by atoms with Crippen LogP contribution in [-0.2, 0) is 0 Å². The van der Waals surface area contributed by atoms with Gasteiger partial charge in [0.1, 0.15) is 0 Å². The minimum atomic E-state index is 0.266. The summed E-state index contributed by atoms with van der Waals surface area (Å²) in [6, 6.07) is 5.10. The number of nitrogens with two attached hydrogens (primary N) is 1. The number of piperidine rings is 1. The monoisotopic (exact) mass is 266 g/mol. The Morgan fingerprint density at radius 1 is 1.39 bits per heavy atom. The van der Waals surface area contributed by atoms with E-state index in [2.05, 4.69) is 36.3 Å². The zero-order valence-corrected chi connectivity index (χ0v) is 12.5. The number of likely N-dealkylation sites (tertiary alicyclic amines) is 1. The molecule has 102 valence electrons. The Balaban J connectivity index is 2.06. The van der Waals surface area contributed by atoms with Crippen molar-refractivity contribution >= 4 is 11.3 Å². The summed E-state index contributed by atoms with van der Waals surface area (Å²) in [6.45, 7) is 6.95. The van der Waals surface area contributed by atoms with E-state index in [9.17, 15) is 0 Å². The molecule has 2 unspecified atom stereocenters. The van der Waals surface area contributed by atoms with Gasteiger partial charge in [-0.05, 0) is 49.7 Å². The summed E-state index contributed by atoms with van der Waals surface area (Å²) in [5, 5.41) is 2.17. The van der Waals surface area contributed by atoms with Gasteiger partial charge in [0.05, 0.1) is 6.04 Å². The van der Waals surface area contributed by atoms with Crippen molar-refractivity contribution in [2.45, 2.75) is 51.6 Å². The first kappa shape index (κ1) is 14.0. The van der Waals surface area contributed by atoms with Crippen molar-refractivity contribution in [1.29, 1.82) is 0 Å². The molecule has 2 N–H and O–H groups in total. The Labute approximate surface area is 115 Å². The first-order valence-electron chi connectivity index (χ1n) is 7.29. The van der Waals surface area contributed by atoms with Gasteiger partial charge in [0.2, 0.25) is 0 Å². The van der Waals surface area contributed by atoms with E-state index in [1.165, 1.54) is 37.2 Å². The van der Waals surface area contributed by atoms with Crippen molar-refractivity contribution in [3.8, 4) is 0 Å². The van der Waals surface area contributed by atoms with Crippen LogP contribution in [0.4, 0.5) is 0 Å². The van der Waals surface area contributed by atoms with Crippen LogP contribution in [0.2, 0.25) is 0 Å². The van der Waals surface area contributed by atoms with Crippen LogP contribution in [0.15, 0.2) is 17.5 Å². The maximum atomic E-state index is 6.37. The molecule has 0 amide bonds. The van der Waals surface area contributed by atoms with Crippen LogP contribution in [0.3, 0.4) is 0 Å². The Hall–Kier alpha value is -0.380. The van der Waals surface area contributed by atoms with E-state index >= 15 is 0 Å². The second kappa shape index (κ2) is 6.69. The standard InChI is InChI=1S/C15H26N2S/c1-3-12-7-9-17(10-8-12)15(13(16)4-2)14-6-5-11-18-14/h5-6,11-13,15H,3-4,7-10,16H2,1-2H3. The Morgan fingerprint density at radius 3 is 2.61 bits per heavy atom. The average Bonchev–Trinajstić information content (AvgIpc) is 2.93. The summed E-state index contributed by atoms with van der Waals surface area (Å²) in [5.74, 6) is 0.933. The van der Waals surface area contributed by atoms with Crippen LogP contribution >= 0.6 is 11.3 Å². The highest BCUT2D eigenvalue weighted by Crippen LogP contribution is 2.32. The first-order valence-corrected chi connectivity index (χ1v) is 8.17. The summed E-state index contributed by atoms with van der Waals surface area (Å²) in [7, 11) is 0. The normalized spacial score (nSPS) is 21.9. The molecule has 0 radical (unpaired) electrons. The summed E-state index contributed by atoms with van der Waals surface area (Å²) < 4.78 is 0. The van der Waals surface area contributed by atoms with Crippen LogP contribution < -0.4 is 5.73 Å². The van der Waals surface area contributed by atoms with Crippen LogP contribution in [0, 0.1) is 5.92 Å². The zero-order chi connectivity index (χ0) is 13.0. The van der Waals surface area contributed by atoms with Crippen LogP contribution in [-0.4, -0.2) is 24.0 Å². The van der Waals surface area contributed by atoms with Crippen molar-refractivity contribution in [3.63, 3.8) is 0 Å². The zero-order valence-electron chi connectivity index (χ0n) is 11.6. The molecule has 0 saturated carbocycles. The number of thiophene rings is 1. The predicted molar refractivity (Wildman–Crippen MR) is 79.9 cm³/mol. The average molecular weight is 266 g/mol. The largest absolute Gasteiger partial charge is 0.326 e. The van der Waals surface area contributed by atoms with Gasteiger partial charge in [-0.2, -0.15) is 0 Å². The summed E-state index contributed by atoms with van der Waals surface area (Å²) >= 11 is 1.85. The molecule has 2 nitrogen and oxygen atoms in total. The molecular formula is C15H26N2S. The molecule has 2 rings (SSSR count). The third kappa shape index (κ3) is 3.14. The molecule has 0 aliphatic carbocycles. The third-order valence-electron chi connectivity index (χ3n) is 4.33. The van der Waals surface area contributed by atoms with Gasteiger partial charge in [-0.3, -0.25) is 4.90 Å². The third-order valence-corrected chi connectivity index (χ3v) is 5.27. The van der Waals surface area contributed by atoms with Crippen molar-refractivity contribution in [1.82, 2.24) is 4.90 Å². The molecule has 0 bridgehead atoms. The molecule has 1 aromatic rings.